The van der Waals surface area contributed by atoms with Gasteiger partial charge in [0.1, 0.15) is 0 Å². The second-order valence-electron chi connectivity index (χ2n) is 13.0. The van der Waals surface area contributed by atoms with Crippen LogP contribution in [0.3, 0.4) is 0 Å². The highest BCUT2D eigenvalue weighted by Crippen LogP contribution is 2.39. The van der Waals surface area contributed by atoms with Gasteiger partial charge in [-0.15, -0.1) is 0 Å². The van der Waals surface area contributed by atoms with Gasteiger partial charge in [0.15, 0.2) is 0 Å². The normalized spacial score (nSPS) is 32.2. The molecule has 36 heavy (non-hydrogen) atoms. The Kier molecular flexibility index (Phi) is 16.3. The smallest absolute Gasteiger partial charge is 0.0840 e. The molecule has 3 rings (SSSR count). The molecule has 1 aliphatic heterocycles. The lowest BCUT2D eigenvalue weighted by Gasteiger charge is -2.41. The Hall–Kier alpha value is -0.240. The lowest BCUT2D eigenvalue weighted by molar-refractivity contribution is -0.137. The summed E-state index contributed by atoms with van der Waals surface area (Å²) in [5, 5.41) is 0. The standard InChI is InChI=1S/C24H44O6.C5H12.CH4/c1-24(2,3)19-8-9-22-23(18-19)30-17-13-26-11-15-28-21-7-5-4-6-20(21)27-14-10-25-12-16-29-22;1-5(2,3)4;/h19-23H,4-18H2,1-3H3;1-4H3;1H4. The summed E-state index contributed by atoms with van der Waals surface area (Å²) in [6.45, 7) is 20.6. The molecule has 0 amide bonds. The molecule has 3 fully saturated rings. The Morgan fingerprint density at radius 3 is 1.22 bits per heavy atom. The summed E-state index contributed by atoms with van der Waals surface area (Å²) >= 11 is 0. The van der Waals surface area contributed by atoms with E-state index in [1.54, 1.807) is 0 Å². The average molecular weight is 517 g/mol. The van der Waals surface area contributed by atoms with E-state index in [-0.39, 0.29) is 31.8 Å². The molecule has 0 radical (unpaired) electrons. The molecular weight excluding hydrogens is 456 g/mol. The van der Waals surface area contributed by atoms with Crippen molar-refractivity contribution in [3.05, 3.63) is 0 Å². The van der Waals surface area contributed by atoms with E-state index in [2.05, 4.69) is 48.5 Å². The Balaban J connectivity index is 0.000000983. The molecule has 0 N–H and O–H groups in total. The summed E-state index contributed by atoms with van der Waals surface area (Å²) < 4.78 is 36.1. The van der Waals surface area contributed by atoms with Gasteiger partial charge in [0.05, 0.1) is 77.3 Å². The minimum absolute atomic E-state index is 0. The van der Waals surface area contributed by atoms with Crippen molar-refractivity contribution in [2.24, 2.45) is 16.7 Å². The van der Waals surface area contributed by atoms with Crippen LogP contribution in [0.4, 0.5) is 0 Å². The predicted molar refractivity (Wildman–Crippen MR) is 148 cm³/mol. The fourth-order valence-electron chi connectivity index (χ4n) is 4.94. The van der Waals surface area contributed by atoms with Crippen LogP contribution in [0.1, 0.15) is 101 Å². The van der Waals surface area contributed by atoms with Crippen molar-refractivity contribution in [2.45, 2.75) is 125 Å². The first-order chi connectivity index (χ1) is 16.5. The van der Waals surface area contributed by atoms with E-state index in [0.717, 1.165) is 25.7 Å². The maximum absolute atomic E-state index is 6.25. The van der Waals surface area contributed by atoms with Crippen molar-refractivity contribution >= 4 is 0 Å². The second kappa shape index (κ2) is 17.4. The number of fused-ring (bicyclic) bond motifs is 2. The van der Waals surface area contributed by atoms with Crippen molar-refractivity contribution in [2.75, 3.05) is 52.9 Å². The van der Waals surface area contributed by atoms with E-state index in [1.807, 2.05) is 0 Å². The topological polar surface area (TPSA) is 55.4 Å². The van der Waals surface area contributed by atoms with Crippen molar-refractivity contribution in [1.29, 1.82) is 0 Å². The Morgan fingerprint density at radius 1 is 0.472 bits per heavy atom. The van der Waals surface area contributed by atoms with Crippen LogP contribution < -0.4 is 0 Å². The zero-order valence-electron chi connectivity index (χ0n) is 23.9. The van der Waals surface area contributed by atoms with Crippen molar-refractivity contribution < 1.29 is 28.4 Å². The lowest BCUT2D eigenvalue weighted by atomic mass is 9.71. The molecule has 5 atom stereocenters. The van der Waals surface area contributed by atoms with Gasteiger partial charge in [-0.05, 0) is 48.9 Å². The summed E-state index contributed by atoms with van der Waals surface area (Å²) in [5.41, 5.74) is 0.800. The Morgan fingerprint density at radius 2 is 0.833 bits per heavy atom. The maximum Gasteiger partial charge on any atom is 0.0840 e. The molecule has 6 heteroatoms. The highest BCUT2D eigenvalue weighted by atomic mass is 16.6. The molecule has 0 aromatic heterocycles. The highest BCUT2D eigenvalue weighted by molar-refractivity contribution is 4.87. The van der Waals surface area contributed by atoms with Gasteiger partial charge in [-0.25, -0.2) is 0 Å². The maximum atomic E-state index is 6.25. The fourth-order valence-corrected chi connectivity index (χ4v) is 4.94. The van der Waals surface area contributed by atoms with Crippen LogP contribution in [0, 0.1) is 16.7 Å². The van der Waals surface area contributed by atoms with Crippen molar-refractivity contribution in [3.63, 3.8) is 0 Å². The van der Waals surface area contributed by atoms with Gasteiger partial charge in [-0.2, -0.15) is 0 Å². The van der Waals surface area contributed by atoms with Gasteiger partial charge >= 0.3 is 0 Å². The molecule has 0 aromatic carbocycles. The van der Waals surface area contributed by atoms with Gasteiger partial charge in [-0.3, -0.25) is 0 Å². The van der Waals surface area contributed by atoms with Crippen molar-refractivity contribution in [1.82, 2.24) is 0 Å². The fraction of sp³-hybridized carbons (Fsp3) is 1.00. The van der Waals surface area contributed by atoms with Crippen LogP contribution in [0.2, 0.25) is 0 Å². The first kappa shape index (κ1) is 33.8. The van der Waals surface area contributed by atoms with Gasteiger partial charge in [0.2, 0.25) is 0 Å². The third-order valence-electron chi connectivity index (χ3n) is 6.84. The highest BCUT2D eigenvalue weighted by Gasteiger charge is 2.37. The molecule has 6 nitrogen and oxygen atoms in total. The third-order valence-corrected chi connectivity index (χ3v) is 6.84. The Labute approximate surface area is 223 Å². The van der Waals surface area contributed by atoms with E-state index in [0.29, 0.717) is 69.6 Å². The van der Waals surface area contributed by atoms with E-state index in [9.17, 15) is 0 Å². The monoisotopic (exact) mass is 516 g/mol. The number of hydrogen-bond donors (Lipinski definition) is 0. The van der Waals surface area contributed by atoms with Crippen LogP contribution in [0.15, 0.2) is 0 Å². The molecule has 2 aliphatic carbocycles. The molecule has 1 saturated heterocycles. The van der Waals surface area contributed by atoms with Gasteiger partial charge in [0, 0.05) is 0 Å². The molecule has 0 aromatic rings. The summed E-state index contributed by atoms with van der Waals surface area (Å²) in [6.07, 6.45) is 8.50. The number of rotatable bonds is 0. The summed E-state index contributed by atoms with van der Waals surface area (Å²) in [6, 6.07) is 0. The third kappa shape index (κ3) is 14.6. The zero-order chi connectivity index (χ0) is 25.7. The van der Waals surface area contributed by atoms with Crippen LogP contribution in [0.25, 0.3) is 0 Å². The minimum atomic E-state index is 0. The lowest BCUT2D eigenvalue weighted by Crippen LogP contribution is -2.42. The molecule has 3 aliphatic rings. The second-order valence-corrected chi connectivity index (χ2v) is 13.0. The van der Waals surface area contributed by atoms with E-state index in [4.69, 9.17) is 28.4 Å². The summed E-state index contributed by atoms with van der Waals surface area (Å²) in [7, 11) is 0. The SMILES string of the molecule is C.CC(C)(C)C.CC(C)(C)C1CCC2OCCOCCOC3CCCCC3OCCOCCOC2C1. The molecule has 2 saturated carbocycles. The minimum Gasteiger partial charge on any atom is -0.377 e. The summed E-state index contributed by atoms with van der Waals surface area (Å²) in [5.74, 6) is 0.659. The number of hydrogen-bond acceptors (Lipinski definition) is 6. The summed E-state index contributed by atoms with van der Waals surface area (Å²) in [4.78, 5) is 0. The molecule has 1 heterocycles. The van der Waals surface area contributed by atoms with E-state index in [1.165, 1.54) is 19.3 Å². The van der Waals surface area contributed by atoms with Crippen LogP contribution in [0.5, 0.6) is 0 Å². The molecule has 216 valence electrons. The average Bonchev–Trinajstić information content (AvgIpc) is 2.77. The van der Waals surface area contributed by atoms with Crippen LogP contribution >= 0.6 is 0 Å². The molecule has 0 spiro atoms. The van der Waals surface area contributed by atoms with E-state index >= 15 is 0 Å². The molecule has 5 unspecified atom stereocenters. The molecule has 0 bridgehead atoms. The van der Waals surface area contributed by atoms with E-state index < -0.39 is 0 Å². The van der Waals surface area contributed by atoms with Crippen LogP contribution in [-0.2, 0) is 28.4 Å². The van der Waals surface area contributed by atoms with Gasteiger partial charge < -0.3 is 28.4 Å². The predicted octanol–water partition coefficient (Wildman–Crippen LogP) is 6.68. The first-order valence-corrected chi connectivity index (χ1v) is 14.2. The largest absolute Gasteiger partial charge is 0.377 e. The van der Waals surface area contributed by atoms with Gasteiger partial charge in [0.25, 0.3) is 0 Å². The Bertz CT molecular complexity index is 535. The number of ether oxygens (including phenoxy) is 6. The van der Waals surface area contributed by atoms with Gasteiger partial charge in [-0.1, -0.05) is 68.7 Å². The molecular formula is C30H60O6. The first-order valence-electron chi connectivity index (χ1n) is 14.2. The zero-order valence-corrected chi connectivity index (χ0v) is 23.9. The quantitative estimate of drug-likeness (QED) is 0.358. The van der Waals surface area contributed by atoms with Crippen LogP contribution in [-0.4, -0.2) is 77.3 Å². The van der Waals surface area contributed by atoms with Crippen molar-refractivity contribution in [3.8, 4) is 0 Å².